The zero-order chi connectivity index (χ0) is 14.6. The Balaban J connectivity index is 3.29. The molecule has 106 valence electrons. The molecule has 5 nitrogen and oxygen atoms in total. The van der Waals surface area contributed by atoms with Crippen LogP contribution in [0.25, 0.3) is 0 Å². The number of pyridine rings is 1. The molecule has 0 unspecified atom stereocenters. The zero-order valence-electron chi connectivity index (χ0n) is 9.88. The molecule has 0 spiro atoms. The summed E-state index contributed by atoms with van der Waals surface area (Å²) in [5.74, 6) is -1.89. The maximum Gasteiger partial charge on any atom is 0.573 e. The molecule has 0 radical (unpaired) electrons. The molecule has 19 heavy (non-hydrogen) atoms. The summed E-state index contributed by atoms with van der Waals surface area (Å²) >= 11 is 1.69. The predicted octanol–water partition coefficient (Wildman–Crippen LogP) is 2.77. The Hall–Kier alpha value is -1.26. The van der Waals surface area contributed by atoms with Gasteiger partial charge in [-0.15, -0.1) is 13.2 Å². The van der Waals surface area contributed by atoms with Crippen molar-refractivity contribution in [1.82, 2.24) is 4.98 Å². The minimum Gasteiger partial charge on any atom is -0.492 e. The Morgan fingerprint density at radius 3 is 2.58 bits per heavy atom. The molecule has 0 atom stereocenters. The summed E-state index contributed by atoms with van der Waals surface area (Å²) in [7, 11) is 1.12. The first kappa shape index (κ1) is 15.8. The van der Waals surface area contributed by atoms with Crippen LogP contribution in [-0.2, 0) is 4.74 Å². The number of hydrogen-bond acceptors (Lipinski definition) is 5. The van der Waals surface area contributed by atoms with Crippen LogP contribution < -0.4 is 9.47 Å². The van der Waals surface area contributed by atoms with Gasteiger partial charge in [0.2, 0.25) is 0 Å². The van der Waals surface area contributed by atoms with Gasteiger partial charge in [-0.05, 0) is 29.5 Å². The second-order valence-electron chi connectivity index (χ2n) is 3.09. The monoisotopic (exact) mass is 391 g/mol. The van der Waals surface area contributed by atoms with Gasteiger partial charge in [0.05, 0.1) is 19.9 Å². The number of carbonyl (C=O) groups excluding carboxylic acids is 1. The molecule has 0 saturated carbocycles. The van der Waals surface area contributed by atoms with Crippen molar-refractivity contribution in [2.24, 2.45) is 0 Å². The van der Waals surface area contributed by atoms with Crippen molar-refractivity contribution in [1.29, 1.82) is 0 Å². The van der Waals surface area contributed by atoms with Gasteiger partial charge in [0.25, 0.3) is 0 Å². The van der Waals surface area contributed by atoms with Crippen molar-refractivity contribution in [3.8, 4) is 11.5 Å². The second-order valence-corrected chi connectivity index (χ2v) is 4.11. The molecule has 0 aliphatic rings. The molecule has 0 aromatic carbocycles. The van der Waals surface area contributed by atoms with E-state index in [0.29, 0.717) is 0 Å². The fourth-order valence-corrected chi connectivity index (χ4v) is 1.84. The van der Waals surface area contributed by atoms with Crippen LogP contribution in [0.5, 0.6) is 11.5 Å². The molecular weight excluding hydrogens is 382 g/mol. The topological polar surface area (TPSA) is 57.7 Å². The highest BCUT2D eigenvalue weighted by atomic mass is 127. The lowest BCUT2D eigenvalue weighted by Crippen LogP contribution is -2.19. The van der Waals surface area contributed by atoms with Crippen molar-refractivity contribution in [2.45, 2.75) is 13.3 Å². The highest BCUT2D eigenvalue weighted by Crippen LogP contribution is 2.36. The molecule has 1 aromatic heterocycles. The van der Waals surface area contributed by atoms with Gasteiger partial charge >= 0.3 is 12.3 Å². The normalized spacial score (nSPS) is 11.1. The first-order valence-electron chi connectivity index (χ1n) is 4.95. The second kappa shape index (κ2) is 6.26. The van der Waals surface area contributed by atoms with Gasteiger partial charge in [0, 0.05) is 0 Å². The summed E-state index contributed by atoms with van der Waals surface area (Å²) in [4.78, 5) is 15.3. The smallest absolute Gasteiger partial charge is 0.492 e. The van der Waals surface area contributed by atoms with Gasteiger partial charge < -0.3 is 14.2 Å². The highest BCUT2D eigenvalue weighted by molar-refractivity contribution is 14.1. The van der Waals surface area contributed by atoms with E-state index in [1.54, 1.807) is 29.5 Å². The number of methoxy groups -OCH3 is 1. The van der Waals surface area contributed by atoms with E-state index in [1.807, 2.05) is 0 Å². The molecule has 1 rings (SSSR count). The summed E-state index contributed by atoms with van der Waals surface area (Å²) in [6.45, 7) is 1.64. The Labute approximate surface area is 120 Å². The van der Waals surface area contributed by atoms with Gasteiger partial charge in [0.15, 0.2) is 11.5 Å². The van der Waals surface area contributed by atoms with Crippen LogP contribution >= 0.6 is 22.6 Å². The van der Waals surface area contributed by atoms with Crippen LogP contribution in [0, 0.1) is 3.70 Å². The summed E-state index contributed by atoms with van der Waals surface area (Å²) < 4.78 is 50.1. The minimum absolute atomic E-state index is 0.0718. The van der Waals surface area contributed by atoms with E-state index in [1.165, 1.54) is 0 Å². The summed E-state index contributed by atoms with van der Waals surface area (Å²) in [6.07, 6.45) is -4.08. The summed E-state index contributed by atoms with van der Waals surface area (Å²) in [5, 5.41) is 0. The number of nitrogens with zero attached hydrogens (tertiary/aromatic N) is 1. The van der Waals surface area contributed by atoms with E-state index >= 15 is 0 Å². The largest absolute Gasteiger partial charge is 0.573 e. The molecule has 0 saturated heterocycles. The number of aromatic nitrogens is 1. The first-order chi connectivity index (χ1) is 8.80. The lowest BCUT2D eigenvalue weighted by Gasteiger charge is -2.15. The van der Waals surface area contributed by atoms with E-state index in [9.17, 15) is 18.0 Å². The van der Waals surface area contributed by atoms with Crippen LogP contribution in [-0.4, -0.2) is 31.0 Å². The number of alkyl halides is 3. The molecule has 1 heterocycles. The lowest BCUT2D eigenvalue weighted by molar-refractivity contribution is -0.275. The predicted molar refractivity (Wildman–Crippen MR) is 66.1 cm³/mol. The molecule has 1 aromatic rings. The molecule has 0 N–H and O–H groups in total. The summed E-state index contributed by atoms with van der Waals surface area (Å²) in [6, 6.07) is 0. The van der Waals surface area contributed by atoms with E-state index in [-0.39, 0.29) is 21.6 Å². The molecule has 0 aliphatic heterocycles. The number of hydrogen-bond donors (Lipinski definition) is 0. The Morgan fingerprint density at radius 2 is 2.11 bits per heavy atom. The number of ether oxygens (including phenoxy) is 3. The number of rotatable bonds is 4. The van der Waals surface area contributed by atoms with Gasteiger partial charge in [-0.2, -0.15) is 0 Å². The zero-order valence-corrected chi connectivity index (χ0v) is 12.0. The Kier molecular flexibility index (Phi) is 5.20. The van der Waals surface area contributed by atoms with E-state index in [4.69, 9.17) is 9.47 Å². The number of carbonyl (C=O) groups is 1. The molecule has 0 aliphatic carbocycles. The quantitative estimate of drug-likeness (QED) is 0.449. The van der Waals surface area contributed by atoms with Gasteiger partial charge in [-0.3, -0.25) is 0 Å². The number of esters is 1. The summed E-state index contributed by atoms with van der Waals surface area (Å²) in [5.41, 5.74) is -0.202. The van der Waals surface area contributed by atoms with Crippen LogP contribution in [0.2, 0.25) is 0 Å². The maximum atomic E-state index is 12.2. The van der Waals surface area contributed by atoms with Crippen LogP contribution in [0.3, 0.4) is 0 Å². The average Bonchev–Trinajstić information content (AvgIpc) is 2.29. The fourth-order valence-electron chi connectivity index (χ4n) is 1.24. The third-order valence-corrected chi connectivity index (χ3v) is 2.68. The first-order valence-corrected chi connectivity index (χ1v) is 6.03. The SMILES string of the molecule is CCOC(=O)c1c(I)ncc(OC(F)(F)F)c1OC. The van der Waals surface area contributed by atoms with E-state index in [0.717, 1.165) is 13.3 Å². The fraction of sp³-hybridized carbons (Fsp3) is 0.400. The third-order valence-electron chi connectivity index (χ3n) is 1.86. The Bertz CT molecular complexity index is 479. The standard InChI is InChI=1S/C10H9F3INO4/c1-3-18-9(16)6-7(17-2)5(4-15-8(6)14)19-10(11,12)13/h4H,3H2,1-2H3. The van der Waals surface area contributed by atoms with Crippen molar-refractivity contribution in [2.75, 3.05) is 13.7 Å². The van der Waals surface area contributed by atoms with Crippen LogP contribution in [0.15, 0.2) is 6.20 Å². The highest BCUT2D eigenvalue weighted by Gasteiger charge is 2.34. The molecule has 9 heteroatoms. The Morgan fingerprint density at radius 1 is 1.47 bits per heavy atom. The molecule has 0 bridgehead atoms. The van der Waals surface area contributed by atoms with Crippen molar-refractivity contribution in [3.05, 3.63) is 15.5 Å². The van der Waals surface area contributed by atoms with Gasteiger partial charge in [0.1, 0.15) is 9.26 Å². The van der Waals surface area contributed by atoms with Gasteiger partial charge in [-0.25, -0.2) is 9.78 Å². The maximum absolute atomic E-state index is 12.2. The molecule has 0 amide bonds. The van der Waals surface area contributed by atoms with Crippen molar-refractivity contribution < 1.29 is 32.2 Å². The number of halogens is 4. The molecule has 0 fully saturated rings. The van der Waals surface area contributed by atoms with E-state index in [2.05, 4.69) is 9.72 Å². The van der Waals surface area contributed by atoms with Crippen molar-refractivity contribution in [3.63, 3.8) is 0 Å². The van der Waals surface area contributed by atoms with Crippen LogP contribution in [0.4, 0.5) is 13.2 Å². The van der Waals surface area contributed by atoms with Crippen LogP contribution in [0.1, 0.15) is 17.3 Å². The lowest BCUT2D eigenvalue weighted by atomic mass is 10.2. The van der Waals surface area contributed by atoms with Crippen molar-refractivity contribution >= 4 is 28.6 Å². The average molecular weight is 391 g/mol. The third kappa shape index (κ3) is 4.11. The molecular formula is C10H9F3INO4. The van der Waals surface area contributed by atoms with Gasteiger partial charge in [-0.1, -0.05) is 0 Å². The van der Waals surface area contributed by atoms with E-state index < -0.39 is 18.1 Å². The minimum atomic E-state index is -4.91.